The molecular weight excluding hydrogens is 246 g/mol. The number of hydrogen-bond donors (Lipinski definition) is 1. The minimum Gasteiger partial charge on any atom is -0.313 e. The number of pyridine rings is 1. The van der Waals surface area contributed by atoms with Crippen LogP contribution >= 0.6 is 0 Å². The lowest BCUT2D eigenvalue weighted by molar-refractivity contribution is 0.183. The van der Waals surface area contributed by atoms with Crippen LogP contribution in [0.25, 0.3) is 10.9 Å². The second-order valence-corrected chi connectivity index (χ2v) is 5.63. The highest BCUT2D eigenvalue weighted by Crippen LogP contribution is 2.16. The van der Waals surface area contributed by atoms with Crippen molar-refractivity contribution in [2.75, 3.05) is 19.6 Å². The van der Waals surface area contributed by atoms with Crippen LogP contribution in [0.15, 0.2) is 36.4 Å². The molecular formula is C17H23N3. The summed E-state index contributed by atoms with van der Waals surface area (Å²) < 4.78 is 0. The number of nitrogens with zero attached hydrogens (tertiary/aromatic N) is 2. The highest BCUT2D eigenvalue weighted by molar-refractivity contribution is 5.78. The summed E-state index contributed by atoms with van der Waals surface area (Å²) in [5.41, 5.74) is 2.28. The Morgan fingerprint density at radius 1 is 1.25 bits per heavy atom. The third kappa shape index (κ3) is 3.17. The van der Waals surface area contributed by atoms with Crippen LogP contribution in [-0.4, -0.2) is 35.6 Å². The number of hydrogen-bond acceptors (Lipinski definition) is 3. The molecule has 20 heavy (non-hydrogen) atoms. The Bertz CT molecular complexity index is 565. The minimum atomic E-state index is 0.647. The van der Waals surface area contributed by atoms with Crippen LogP contribution in [-0.2, 0) is 6.54 Å². The number of likely N-dealkylation sites (tertiary alicyclic amines) is 1. The molecule has 3 nitrogen and oxygen atoms in total. The first-order valence-corrected chi connectivity index (χ1v) is 7.65. The molecule has 1 fully saturated rings. The molecule has 1 atom stereocenters. The zero-order valence-electron chi connectivity index (χ0n) is 12.2. The smallest absolute Gasteiger partial charge is 0.0705 e. The van der Waals surface area contributed by atoms with Gasteiger partial charge in [-0.05, 0) is 38.1 Å². The second kappa shape index (κ2) is 6.33. The average molecular weight is 269 g/mol. The van der Waals surface area contributed by atoms with E-state index in [1.165, 1.54) is 30.5 Å². The SMILES string of the molecule is CCNC1CCCN(Cc2ccc3ccccc3n2)C1. The van der Waals surface area contributed by atoms with E-state index in [4.69, 9.17) is 4.98 Å². The fraction of sp³-hybridized carbons (Fsp3) is 0.471. The van der Waals surface area contributed by atoms with Crippen molar-refractivity contribution in [3.8, 4) is 0 Å². The van der Waals surface area contributed by atoms with Gasteiger partial charge in [0.25, 0.3) is 0 Å². The van der Waals surface area contributed by atoms with Gasteiger partial charge in [-0.3, -0.25) is 9.88 Å². The molecule has 0 radical (unpaired) electrons. The lowest BCUT2D eigenvalue weighted by Gasteiger charge is -2.32. The largest absolute Gasteiger partial charge is 0.313 e. The third-order valence-corrected chi connectivity index (χ3v) is 4.04. The Labute approximate surface area is 121 Å². The van der Waals surface area contributed by atoms with Crippen molar-refractivity contribution in [3.05, 3.63) is 42.1 Å². The van der Waals surface area contributed by atoms with Gasteiger partial charge in [0.1, 0.15) is 0 Å². The number of para-hydroxylation sites is 1. The molecule has 3 heteroatoms. The van der Waals surface area contributed by atoms with Gasteiger partial charge in [-0.1, -0.05) is 31.2 Å². The summed E-state index contributed by atoms with van der Waals surface area (Å²) in [6, 6.07) is 13.3. The van der Waals surface area contributed by atoms with E-state index >= 15 is 0 Å². The van der Waals surface area contributed by atoms with E-state index in [1.54, 1.807) is 0 Å². The summed E-state index contributed by atoms with van der Waals surface area (Å²) in [4.78, 5) is 7.30. The molecule has 2 heterocycles. The molecule has 0 amide bonds. The number of aromatic nitrogens is 1. The maximum atomic E-state index is 4.78. The van der Waals surface area contributed by atoms with E-state index in [9.17, 15) is 0 Å². The van der Waals surface area contributed by atoms with Crippen LogP contribution in [0.4, 0.5) is 0 Å². The first-order chi connectivity index (χ1) is 9.85. The molecule has 1 aliphatic rings. The van der Waals surface area contributed by atoms with E-state index in [0.29, 0.717) is 6.04 Å². The molecule has 1 N–H and O–H groups in total. The topological polar surface area (TPSA) is 28.2 Å². The number of piperidine rings is 1. The van der Waals surface area contributed by atoms with Crippen molar-refractivity contribution in [3.63, 3.8) is 0 Å². The van der Waals surface area contributed by atoms with Gasteiger partial charge in [-0.15, -0.1) is 0 Å². The van der Waals surface area contributed by atoms with Gasteiger partial charge in [-0.25, -0.2) is 0 Å². The molecule has 1 aliphatic heterocycles. The lowest BCUT2D eigenvalue weighted by Crippen LogP contribution is -2.45. The summed E-state index contributed by atoms with van der Waals surface area (Å²) in [6.07, 6.45) is 2.58. The normalized spacial score (nSPS) is 20.4. The van der Waals surface area contributed by atoms with Gasteiger partial charge >= 0.3 is 0 Å². The number of rotatable bonds is 4. The second-order valence-electron chi connectivity index (χ2n) is 5.63. The summed E-state index contributed by atoms with van der Waals surface area (Å²) in [5.74, 6) is 0. The molecule has 0 aliphatic carbocycles. The molecule has 0 saturated carbocycles. The van der Waals surface area contributed by atoms with E-state index in [-0.39, 0.29) is 0 Å². The van der Waals surface area contributed by atoms with Gasteiger partial charge in [0.15, 0.2) is 0 Å². The number of fused-ring (bicyclic) bond motifs is 1. The summed E-state index contributed by atoms with van der Waals surface area (Å²) in [5, 5.41) is 4.79. The maximum absolute atomic E-state index is 4.78. The van der Waals surface area contributed by atoms with Gasteiger partial charge in [0.05, 0.1) is 11.2 Å². The van der Waals surface area contributed by atoms with E-state index in [1.807, 2.05) is 0 Å². The van der Waals surface area contributed by atoms with E-state index < -0.39 is 0 Å². The monoisotopic (exact) mass is 269 g/mol. The van der Waals surface area contributed by atoms with Crippen molar-refractivity contribution >= 4 is 10.9 Å². The number of nitrogens with one attached hydrogen (secondary N) is 1. The highest BCUT2D eigenvalue weighted by atomic mass is 15.2. The summed E-state index contributed by atoms with van der Waals surface area (Å²) in [7, 11) is 0. The average Bonchev–Trinajstić information content (AvgIpc) is 2.48. The van der Waals surface area contributed by atoms with E-state index in [0.717, 1.165) is 25.2 Å². The maximum Gasteiger partial charge on any atom is 0.0705 e. The molecule has 1 aromatic heterocycles. The van der Waals surface area contributed by atoms with Crippen LogP contribution in [0.5, 0.6) is 0 Å². The fourth-order valence-electron chi connectivity index (χ4n) is 3.08. The first kappa shape index (κ1) is 13.5. The third-order valence-electron chi connectivity index (χ3n) is 4.04. The number of likely N-dealkylation sites (N-methyl/N-ethyl adjacent to an activating group) is 1. The summed E-state index contributed by atoms with van der Waals surface area (Å²) in [6.45, 7) is 6.54. The first-order valence-electron chi connectivity index (χ1n) is 7.65. The molecule has 3 rings (SSSR count). The Morgan fingerprint density at radius 2 is 2.15 bits per heavy atom. The van der Waals surface area contributed by atoms with Crippen molar-refractivity contribution < 1.29 is 0 Å². The zero-order valence-corrected chi connectivity index (χ0v) is 12.2. The molecule has 106 valence electrons. The van der Waals surface area contributed by atoms with Gasteiger partial charge in [-0.2, -0.15) is 0 Å². The minimum absolute atomic E-state index is 0.647. The Balaban J connectivity index is 1.69. The van der Waals surface area contributed by atoms with Gasteiger partial charge in [0, 0.05) is 24.5 Å². The van der Waals surface area contributed by atoms with Crippen LogP contribution in [0.2, 0.25) is 0 Å². The van der Waals surface area contributed by atoms with Crippen molar-refractivity contribution in [2.24, 2.45) is 0 Å². The molecule has 1 saturated heterocycles. The Morgan fingerprint density at radius 3 is 3.05 bits per heavy atom. The van der Waals surface area contributed by atoms with Gasteiger partial charge < -0.3 is 5.32 Å². The van der Waals surface area contributed by atoms with Crippen LogP contribution in [0, 0.1) is 0 Å². The predicted octanol–water partition coefficient (Wildman–Crippen LogP) is 2.81. The molecule has 1 aromatic carbocycles. The van der Waals surface area contributed by atoms with Crippen molar-refractivity contribution in [1.82, 2.24) is 15.2 Å². The fourth-order valence-corrected chi connectivity index (χ4v) is 3.08. The highest BCUT2D eigenvalue weighted by Gasteiger charge is 2.19. The van der Waals surface area contributed by atoms with Crippen molar-refractivity contribution in [1.29, 1.82) is 0 Å². The quantitative estimate of drug-likeness (QED) is 0.925. The standard InChI is InChI=1S/C17H23N3/c1-2-18-15-7-5-11-20(12-15)13-16-10-9-14-6-3-4-8-17(14)19-16/h3-4,6,8-10,15,18H,2,5,7,11-13H2,1H3. The van der Waals surface area contributed by atoms with Gasteiger partial charge in [0.2, 0.25) is 0 Å². The van der Waals surface area contributed by atoms with Crippen molar-refractivity contribution in [2.45, 2.75) is 32.4 Å². The van der Waals surface area contributed by atoms with Crippen LogP contribution in [0.1, 0.15) is 25.5 Å². The van der Waals surface area contributed by atoms with Crippen LogP contribution < -0.4 is 5.32 Å². The summed E-state index contributed by atoms with van der Waals surface area (Å²) >= 11 is 0. The molecule has 0 bridgehead atoms. The van der Waals surface area contributed by atoms with E-state index in [2.05, 4.69) is 53.5 Å². The molecule has 1 unspecified atom stereocenters. The zero-order chi connectivity index (χ0) is 13.8. The Hall–Kier alpha value is -1.45. The molecule has 2 aromatic rings. The predicted molar refractivity (Wildman–Crippen MR) is 83.7 cm³/mol. The Kier molecular flexibility index (Phi) is 4.28. The lowest BCUT2D eigenvalue weighted by atomic mass is 10.1. The van der Waals surface area contributed by atoms with Crippen LogP contribution in [0.3, 0.4) is 0 Å². The molecule has 0 spiro atoms. The number of benzene rings is 1.